The van der Waals surface area contributed by atoms with E-state index in [2.05, 4.69) is 5.32 Å². The van der Waals surface area contributed by atoms with Crippen LogP contribution in [-0.2, 0) is 4.79 Å². The van der Waals surface area contributed by atoms with E-state index < -0.39 is 0 Å². The van der Waals surface area contributed by atoms with Crippen molar-refractivity contribution in [3.63, 3.8) is 0 Å². The van der Waals surface area contributed by atoms with Crippen molar-refractivity contribution in [1.82, 2.24) is 5.32 Å². The molecule has 98 valence electrons. The Morgan fingerprint density at radius 1 is 1.39 bits per heavy atom. The molecule has 1 aliphatic rings. The summed E-state index contributed by atoms with van der Waals surface area (Å²) in [6, 6.07) is 7.64. The molecular weight excluding hydrogens is 286 g/mol. The molecule has 1 amide bonds. The number of nitrogens with one attached hydrogen (secondary N) is 1. The van der Waals surface area contributed by atoms with Gasteiger partial charge in [-0.25, -0.2) is 0 Å². The summed E-state index contributed by atoms with van der Waals surface area (Å²) in [6.45, 7) is 2.00. The van der Waals surface area contributed by atoms with Crippen LogP contribution in [0.2, 0.25) is 5.02 Å². The van der Waals surface area contributed by atoms with Crippen LogP contribution in [-0.4, -0.2) is 28.4 Å². The fourth-order valence-electron chi connectivity index (χ4n) is 1.78. The van der Waals surface area contributed by atoms with E-state index in [1.54, 1.807) is 11.8 Å². The van der Waals surface area contributed by atoms with E-state index in [0.29, 0.717) is 0 Å². The minimum absolute atomic E-state index is 0.0299. The summed E-state index contributed by atoms with van der Waals surface area (Å²) in [5.74, 6) is 3.29. The Bertz CT molecular complexity index is 404. The molecule has 1 N–H and O–H groups in total. The molecule has 2 nitrogen and oxygen atoms in total. The zero-order chi connectivity index (χ0) is 13.0. The number of halogens is 1. The lowest BCUT2D eigenvalue weighted by molar-refractivity contribution is -0.120. The van der Waals surface area contributed by atoms with Crippen LogP contribution in [0.1, 0.15) is 18.5 Å². The van der Waals surface area contributed by atoms with Gasteiger partial charge < -0.3 is 5.32 Å². The van der Waals surface area contributed by atoms with Crippen LogP contribution in [0.25, 0.3) is 0 Å². The lowest BCUT2D eigenvalue weighted by Crippen LogP contribution is -2.37. The number of rotatable bonds is 3. The van der Waals surface area contributed by atoms with E-state index in [4.69, 9.17) is 11.6 Å². The summed E-state index contributed by atoms with van der Waals surface area (Å²) < 4.78 is 0. The average molecular weight is 302 g/mol. The number of carbonyl (C=O) groups is 1. The molecule has 1 aromatic rings. The maximum absolute atomic E-state index is 12.1. The molecular formula is C13H16ClNOS2. The summed E-state index contributed by atoms with van der Waals surface area (Å²) >= 11 is 9.46. The molecule has 0 bridgehead atoms. The number of carbonyl (C=O) groups excluding carboxylic acids is 1. The number of benzene rings is 1. The van der Waals surface area contributed by atoms with Gasteiger partial charge >= 0.3 is 0 Å². The third kappa shape index (κ3) is 3.84. The van der Waals surface area contributed by atoms with Crippen LogP contribution >= 0.6 is 35.1 Å². The van der Waals surface area contributed by atoms with Gasteiger partial charge in [0, 0.05) is 22.3 Å². The second kappa shape index (κ2) is 6.73. The number of hydrogen-bond donors (Lipinski definition) is 1. The summed E-state index contributed by atoms with van der Waals surface area (Å²) in [6.07, 6.45) is 0. The van der Waals surface area contributed by atoms with Crippen molar-refractivity contribution in [2.75, 3.05) is 17.3 Å². The number of amides is 1. The third-order valence-corrected chi connectivity index (χ3v) is 5.84. The maximum atomic E-state index is 12.1. The SMILES string of the molecule is CC(NC(=O)C1CSCCS1)c1ccc(Cl)cc1. The Morgan fingerprint density at radius 3 is 2.72 bits per heavy atom. The van der Waals surface area contributed by atoms with E-state index in [0.717, 1.165) is 27.8 Å². The third-order valence-electron chi connectivity index (χ3n) is 2.84. The molecule has 0 radical (unpaired) electrons. The van der Waals surface area contributed by atoms with Gasteiger partial charge in [-0.05, 0) is 24.6 Å². The maximum Gasteiger partial charge on any atom is 0.234 e. The Balaban J connectivity index is 1.91. The van der Waals surface area contributed by atoms with Crippen LogP contribution < -0.4 is 5.32 Å². The predicted octanol–water partition coefficient (Wildman–Crippen LogP) is 3.37. The van der Waals surface area contributed by atoms with E-state index in [1.165, 1.54) is 0 Å². The van der Waals surface area contributed by atoms with Crippen molar-refractivity contribution in [2.45, 2.75) is 18.2 Å². The molecule has 0 aliphatic carbocycles. The number of hydrogen-bond acceptors (Lipinski definition) is 3. The molecule has 0 spiro atoms. The van der Waals surface area contributed by atoms with Gasteiger partial charge in [-0.15, -0.1) is 11.8 Å². The minimum atomic E-state index is 0.0299. The van der Waals surface area contributed by atoms with Gasteiger partial charge in [0.25, 0.3) is 0 Å². The van der Waals surface area contributed by atoms with Crippen molar-refractivity contribution in [3.05, 3.63) is 34.9 Å². The highest BCUT2D eigenvalue weighted by Gasteiger charge is 2.23. The van der Waals surface area contributed by atoms with E-state index in [9.17, 15) is 4.79 Å². The Kier molecular flexibility index (Phi) is 5.27. The average Bonchev–Trinajstić information content (AvgIpc) is 2.40. The van der Waals surface area contributed by atoms with E-state index >= 15 is 0 Å². The highest BCUT2D eigenvalue weighted by molar-refractivity contribution is 8.07. The smallest absolute Gasteiger partial charge is 0.234 e. The van der Waals surface area contributed by atoms with Crippen molar-refractivity contribution in [1.29, 1.82) is 0 Å². The lowest BCUT2D eigenvalue weighted by atomic mass is 10.1. The Labute approximate surface area is 121 Å². The molecule has 5 heteroatoms. The van der Waals surface area contributed by atoms with Crippen LogP contribution in [0.15, 0.2) is 24.3 Å². The Hall–Kier alpha value is -0.320. The summed E-state index contributed by atoms with van der Waals surface area (Å²) in [5, 5.41) is 3.88. The van der Waals surface area contributed by atoms with Crippen LogP contribution in [0.4, 0.5) is 0 Å². The molecule has 1 heterocycles. The quantitative estimate of drug-likeness (QED) is 0.928. The lowest BCUT2D eigenvalue weighted by Gasteiger charge is -2.22. The summed E-state index contributed by atoms with van der Waals surface area (Å²) in [7, 11) is 0. The van der Waals surface area contributed by atoms with Crippen molar-refractivity contribution in [3.8, 4) is 0 Å². The largest absolute Gasteiger partial charge is 0.349 e. The predicted molar refractivity (Wildman–Crippen MR) is 81.6 cm³/mol. The van der Waals surface area contributed by atoms with Gasteiger partial charge in [-0.1, -0.05) is 23.7 Å². The first-order valence-electron chi connectivity index (χ1n) is 5.92. The van der Waals surface area contributed by atoms with Gasteiger partial charge in [0.1, 0.15) is 0 Å². The molecule has 1 aromatic carbocycles. The first-order valence-corrected chi connectivity index (χ1v) is 8.50. The summed E-state index contributed by atoms with van der Waals surface area (Å²) in [5.41, 5.74) is 1.08. The highest BCUT2D eigenvalue weighted by atomic mass is 35.5. The fourth-order valence-corrected chi connectivity index (χ4v) is 4.47. The van der Waals surface area contributed by atoms with Crippen molar-refractivity contribution in [2.24, 2.45) is 0 Å². The minimum Gasteiger partial charge on any atom is -0.349 e. The second-order valence-electron chi connectivity index (χ2n) is 4.22. The standard InChI is InChI=1S/C13H16ClNOS2/c1-9(10-2-4-11(14)5-3-10)15-13(16)12-8-17-6-7-18-12/h2-5,9,12H,6-8H2,1H3,(H,15,16). The zero-order valence-electron chi connectivity index (χ0n) is 10.2. The first kappa shape index (κ1) is 14.1. The molecule has 2 atom stereocenters. The highest BCUT2D eigenvalue weighted by Crippen LogP contribution is 2.25. The van der Waals surface area contributed by atoms with Gasteiger partial charge in [0.05, 0.1) is 11.3 Å². The van der Waals surface area contributed by atoms with Crippen molar-refractivity contribution < 1.29 is 4.79 Å². The molecule has 1 saturated heterocycles. The van der Waals surface area contributed by atoms with Crippen molar-refractivity contribution >= 4 is 41.0 Å². The van der Waals surface area contributed by atoms with Gasteiger partial charge in [-0.3, -0.25) is 4.79 Å². The van der Waals surface area contributed by atoms with Gasteiger partial charge in [-0.2, -0.15) is 11.8 Å². The topological polar surface area (TPSA) is 29.1 Å². The Morgan fingerprint density at radius 2 is 2.11 bits per heavy atom. The molecule has 1 aliphatic heterocycles. The summed E-state index contributed by atoms with van der Waals surface area (Å²) in [4.78, 5) is 12.1. The molecule has 18 heavy (non-hydrogen) atoms. The van der Waals surface area contributed by atoms with Crippen LogP contribution in [0.5, 0.6) is 0 Å². The monoisotopic (exact) mass is 301 g/mol. The van der Waals surface area contributed by atoms with E-state index in [-0.39, 0.29) is 17.2 Å². The fraction of sp³-hybridized carbons (Fsp3) is 0.462. The van der Waals surface area contributed by atoms with Crippen LogP contribution in [0.3, 0.4) is 0 Å². The number of thioether (sulfide) groups is 2. The molecule has 2 unspecified atom stereocenters. The second-order valence-corrected chi connectivity index (χ2v) is 7.11. The van der Waals surface area contributed by atoms with Gasteiger partial charge in [0.2, 0.25) is 5.91 Å². The first-order chi connectivity index (χ1) is 8.66. The molecule has 2 rings (SSSR count). The van der Waals surface area contributed by atoms with Crippen LogP contribution in [0, 0.1) is 0 Å². The van der Waals surface area contributed by atoms with E-state index in [1.807, 2.05) is 43.0 Å². The van der Waals surface area contributed by atoms with Gasteiger partial charge in [0.15, 0.2) is 0 Å². The zero-order valence-corrected chi connectivity index (χ0v) is 12.6. The molecule has 0 saturated carbocycles. The molecule has 1 fully saturated rings. The normalized spacial score (nSPS) is 21.3. The molecule has 0 aromatic heterocycles.